The SMILES string of the molecule is CCOC(=O)c1nc(Br)n(C(C)C)c1C(Nc1cc(OC)c2nnc(C)n2c1)c1ccc(Cl)cc1. The number of aromatic nitrogens is 5. The van der Waals surface area contributed by atoms with Crippen LogP contribution in [0.2, 0.25) is 5.02 Å². The van der Waals surface area contributed by atoms with Crippen LogP contribution >= 0.6 is 27.5 Å². The molecule has 0 radical (unpaired) electrons. The van der Waals surface area contributed by atoms with E-state index in [1.807, 2.05) is 66.3 Å². The van der Waals surface area contributed by atoms with Gasteiger partial charge < -0.3 is 19.4 Å². The summed E-state index contributed by atoms with van der Waals surface area (Å²) in [6.07, 6.45) is 1.89. The first-order valence-corrected chi connectivity index (χ1v) is 12.3. The summed E-state index contributed by atoms with van der Waals surface area (Å²) < 4.78 is 15.3. The summed E-state index contributed by atoms with van der Waals surface area (Å²) in [6.45, 7) is 7.93. The van der Waals surface area contributed by atoms with Crippen molar-refractivity contribution in [1.82, 2.24) is 24.1 Å². The van der Waals surface area contributed by atoms with Crippen molar-refractivity contribution in [2.24, 2.45) is 0 Å². The van der Waals surface area contributed by atoms with Crippen LogP contribution in [0.15, 0.2) is 41.3 Å². The fourth-order valence-corrected chi connectivity index (χ4v) is 4.87. The number of methoxy groups -OCH3 is 1. The molecule has 1 aromatic carbocycles. The number of rotatable bonds is 8. The minimum Gasteiger partial charge on any atom is -0.493 e. The molecule has 0 fully saturated rings. The Bertz CT molecular complexity index is 1370. The molecule has 1 N–H and O–H groups in total. The van der Waals surface area contributed by atoms with E-state index in [0.29, 0.717) is 32.7 Å². The highest BCUT2D eigenvalue weighted by Gasteiger charge is 2.31. The molecule has 1 atom stereocenters. The molecule has 1 unspecified atom stereocenters. The number of aryl methyl sites for hydroxylation is 1. The summed E-state index contributed by atoms with van der Waals surface area (Å²) in [5, 5.41) is 12.5. The van der Waals surface area contributed by atoms with Gasteiger partial charge in [0.2, 0.25) is 5.65 Å². The Morgan fingerprint density at radius 1 is 1.23 bits per heavy atom. The van der Waals surface area contributed by atoms with Crippen molar-refractivity contribution in [2.75, 3.05) is 19.0 Å². The highest BCUT2D eigenvalue weighted by molar-refractivity contribution is 9.10. The lowest BCUT2D eigenvalue weighted by Crippen LogP contribution is -2.22. The van der Waals surface area contributed by atoms with E-state index in [0.717, 1.165) is 11.3 Å². The Morgan fingerprint density at radius 2 is 1.94 bits per heavy atom. The molecule has 35 heavy (non-hydrogen) atoms. The molecule has 3 aromatic heterocycles. The lowest BCUT2D eigenvalue weighted by Gasteiger charge is -2.25. The molecule has 0 aliphatic heterocycles. The summed E-state index contributed by atoms with van der Waals surface area (Å²) in [5.41, 5.74) is 3.12. The first-order valence-electron chi connectivity index (χ1n) is 11.1. The number of benzene rings is 1. The topological polar surface area (TPSA) is 95.6 Å². The molecule has 184 valence electrons. The number of ether oxygens (including phenoxy) is 2. The summed E-state index contributed by atoms with van der Waals surface area (Å²) in [5.74, 6) is 0.785. The van der Waals surface area contributed by atoms with Crippen LogP contribution in [0.4, 0.5) is 5.69 Å². The molecule has 0 amide bonds. The Labute approximate surface area is 216 Å². The predicted molar refractivity (Wildman–Crippen MR) is 137 cm³/mol. The van der Waals surface area contributed by atoms with E-state index in [1.54, 1.807) is 14.0 Å². The monoisotopic (exact) mass is 560 g/mol. The van der Waals surface area contributed by atoms with Gasteiger partial charge in [0.15, 0.2) is 16.2 Å². The highest BCUT2D eigenvalue weighted by Crippen LogP contribution is 2.35. The normalized spacial score (nSPS) is 12.2. The number of anilines is 1. The molecule has 0 saturated heterocycles. The lowest BCUT2D eigenvalue weighted by molar-refractivity contribution is 0.0518. The predicted octanol–water partition coefficient (Wildman–Crippen LogP) is 5.62. The van der Waals surface area contributed by atoms with Gasteiger partial charge in [0.25, 0.3) is 0 Å². The number of carbonyl (C=O) groups excluding carboxylic acids is 1. The van der Waals surface area contributed by atoms with Gasteiger partial charge in [-0.2, -0.15) is 0 Å². The Hall–Kier alpha value is -3.11. The summed E-state index contributed by atoms with van der Waals surface area (Å²) >= 11 is 9.73. The third-order valence-electron chi connectivity index (χ3n) is 5.54. The van der Waals surface area contributed by atoms with E-state index in [-0.39, 0.29) is 18.3 Å². The van der Waals surface area contributed by atoms with Crippen LogP contribution in [0.5, 0.6) is 5.75 Å². The van der Waals surface area contributed by atoms with E-state index >= 15 is 0 Å². The van der Waals surface area contributed by atoms with Gasteiger partial charge in [0.05, 0.1) is 31.1 Å². The quantitative estimate of drug-likeness (QED) is 0.279. The third-order valence-corrected chi connectivity index (χ3v) is 6.35. The largest absolute Gasteiger partial charge is 0.493 e. The Balaban J connectivity index is 1.93. The maximum Gasteiger partial charge on any atom is 0.358 e. The highest BCUT2D eigenvalue weighted by atomic mass is 79.9. The Morgan fingerprint density at radius 3 is 2.57 bits per heavy atom. The standard InChI is InChI=1S/C24H26BrClN6O3/c1-6-35-23(33)20-21(32(13(2)3)24(25)28-20)19(15-7-9-16(26)10-8-15)27-17-11-18(34-5)22-30-29-14(4)31(22)12-17/h7-13,19,27H,6H2,1-5H3. The van der Waals surface area contributed by atoms with E-state index < -0.39 is 12.0 Å². The molecule has 9 nitrogen and oxygen atoms in total. The molecule has 0 saturated carbocycles. The van der Waals surface area contributed by atoms with Crippen LogP contribution in [0.25, 0.3) is 5.65 Å². The second-order valence-corrected chi connectivity index (χ2v) is 9.31. The number of hydrogen-bond donors (Lipinski definition) is 1. The average molecular weight is 562 g/mol. The van der Waals surface area contributed by atoms with Crippen molar-refractivity contribution in [3.05, 3.63) is 69.1 Å². The van der Waals surface area contributed by atoms with Crippen LogP contribution in [-0.4, -0.2) is 43.8 Å². The molecule has 0 spiro atoms. The summed E-state index contributed by atoms with van der Waals surface area (Å²) in [7, 11) is 1.59. The smallest absolute Gasteiger partial charge is 0.358 e. The molecular formula is C24H26BrClN6O3. The van der Waals surface area contributed by atoms with Gasteiger partial charge in [-0.3, -0.25) is 4.40 Å². The maximum absolute atomic E-state index is 13.0. The van der Waals surface area contributed by atoms with Crippen molar-refractivity contribution >= 4 is 44.8 Å². The van der Waals surface area contributed by atoms with Gasteiger partial charge in [-0.15, -0.1) is 10.2 Å². The second kappa shape index (κ2) is 10.2. The third kappa shape index (κ3) is 4.85. The van der Waals surface area contributed by atoms with Gasteiger partial charge in [-0.05, 0) is 61.3 Å². The van der Waals surface area contributed by atoms with Crippen LogP contribution in [0.1, 0.15) is 60.4 Å². The average Bonchev–Trinajstić information content (AvgIpc) is 3.37. The van der Waals surface area contributed by atoms with Gasteiger partial charge in [-0.25, -0.2) is 9.78 Å². The Kier molecular flexibility index (Phi) is 7.32. The molecule has 0 bridgehead atoms. The fourth-order valence-electron chi connectivity index (χ4n) is 3.97. The molecule has 4 aromatic rings. The minimum absolute atomic E-state index is 0.00348. The number of halogens is 2. The van der Waals surface area contributed by atoms with Gasteiger partial charge in [0.1, 0.15) is 5.82 Å². The van der Waals surface area contributed by atoms with E-state index in [2.05, 4.69) is 36.4 Å². The van der Waals surface area contributed by atoms with Gasteiger partial charge in [-0.1, -0.05) is 23.7 Å². The van der Waals surface area contributed by atoms with Crippen molar-refractivity contribution in [3.8, 4) is 5.75 Å². The zero-order valence-corrected chi connectivity index (χ0v) is 22.4. The number of esters is 1. The molecule has 4 rings (SSSR count). The van der Waals surface area contributed by atoms with Crippen molar-refractivity contribution in [2.45, 2.75) is 39.8 Å². The number of nitrogens with zero attached hydrogens (tertiary/aromatic N) is 5. The second-order valence-electron chi connectivity index (χ2n) is 8.17. The number of hydrogen-bond acceptors (Lipinski definition) is 7. The van der Waals surface area contributed by atoms with Crippen LogP contribution in [0, 0.1) is 6.92 Å². The summed E-state index contributed by atoms with van der Waals surface area (Å²) in [6, 6.07) is 8.83. The molecule has 11 heteroatoms. The lowest BCUT2D eigenvalue weighted by atomic mass is 10.0. The van der Waals surface area contributed by atoms with E-state index in [9.17, 15) is 4.79 Å². The number of fused-ring (bicyclic) bond motifs is 1. The van der Waals surface area contributed by atoms with Crippen LogP contribution in [0.3, 0.4) is 0 Å². The number of carbonyl (C=O) groups is 1. The number of pyridine rings is 1. The zero-order chi connectivity index (χ0) is 25.3. The van der Waals surface area contributed by atoms with Gasteiger partial charge in [0, 0.05) is 23.3 Å². The van der Waals surface area contributed by atoms with E-state index in [1.165, 1.54) is 0 Å². The summed E-state index contributed by atoms with van der Waals surface area (Å²) in [4.78, 5) is 17.5. The van der Waals surface area contributed by atoms with Crippen molar-refractivity contribution in [3.63, 3.8) is 0 Å². The molecular weight excluding hydrogens is 536 g/mol. The van der Waals surface area contributed by atoms with Crippen LogP contribution in [-0.2, 0) is 4.74 Å². The molecule has 0 aliphatic carbocycles. The fraction of sp³-hybridized carbons (Fsp3) is 0.333. The molecule has 3 heterocycles. The van der Waals surface area contributed by atoms with Crippen molar-refractivity contribution in [1.29, 1.82) is 0 Å². The van der Waals surface area contributed by atoms with Crippen molar-refractivity contribution < 1.29 is 14.3 Å². The number of imidazole rings is 1. The minimum atomic E-state index is -0.494. The molecule has 0 aliphatic rings. The van der Waals surface area contributed by atoms with E-state index in [4.69, 9.17) is 21.1 Å². The zero-order valence-electron chi connectivity index (χ0n) is 20.0. The van der Waals surface area contributed by atoms with Gasteiger partial charge >= 0.3 is 5.97 Å². The first-order chi connectivity index (χ1) is 16.7. The first kappa shape index (κ1) is 25.0. The number of nitrogens with one attached hydrogen (secondary N) is 1. The maximum atomic E-state index is 13.0. The van der Waals surface area contributed by atoms with Crippen LogP contribution < -0.4 is 10.1 Å².